The molecule has 3 N–H and O–H groups in total. The van der Waals surface area contributed by atoms with Crippen LogP contribution in [0.3, 0.4) is 0 Å². The predicted octanol–water partition coefficient (Wildman–Crippen LogP) is 3.21. The van der Waals surface area contributed by atoms with Crippen molar-refractivity contribution in [3.05, 3.63) is 65.3 Å². The monoisotopic (exact) mass is 425 g/mol. The van der Waals surface area contributed by atoms with E-state index >= 15 is 0 Å². The number of pyridine rings is 2. The molecule has 8 heteroatoms. The van der Waals surface area contributed by atoms with Gasteiger partial charge in [0.1, 0.15) is 11.5 Å². The average molecular weight is 425 g/mol. The Balaban J connectivity index is 1.40. The summed E-state index contributed by atoms with van der Waals surface area (Å²) >= 11 is 0. The lowest BCUT2D eigenvalue weighted by molar-refractivity contribution is 0.313. The molecule has 8 nitrogen and oxygen atoms in total. The summed E-state index contributed by atoms with van der Waals surface area (Å²) in [5, 5.41) is 1.01. The van der Waals surface area contributed by atoms with E-state index in [0.717, 1.165) is 59.4 Å². The minimum atomic E-state index is -0.175. The van der Waals surface area contributed by atoms with Gasteiger partial charge in [0.05, 0.1) is 16.6 Å². The Kier molecular flexibility index (Phi) is 4.32. The maximum absolute atomic E-state index is 12.7. The van der Waals surface area contributed by atoms with Crippen molar-refractivity contribution in [1.29, 1.82) is 0 Å². The highest BCUT2D eigenvalue weighted by Crippen LogP contribution is 2.29. The topological polar surface area (TPSA) is 96.7 Å². The van der Waals surface area contributed by atoms with Crippen LogP contribution in [-0.4, -0.2) is 63.0 Å². The summed E-state index contributed by atoms with van der Waals surface area (Å²) in [5.74, 6) is 0.568. The van der Waals surface area contributed by atoms with Crippen molar-refractivity contribution < 1.29 is 0 Å². The van der Waals surface area contributed by atoms with Crippen LogP contribution in [0.2, 0.25) is 0 Å². The number of anilines is 1. The largest absolute Gasteiger partial charge is 0.369 e. The lowest BCUT2D eigenvalue weighted by Gasteiger charge is -2.34. The van der Waals surface area contributed by atoms with Crippen molar-refractivity contribution in [2.75, 3.05) is 38.1 Å². The van der Waals surface area contributed by atoms with Crippen molar-refractivity contribution in [1.82, 2.24) is 29.8 Å². The highest BCUT2D eigenvalue weighted by molar-refractivity contribution is 5.93. The summed E-state index contributed by atoms with van der Waals surface area (Å²) in [6, 6.07) is 12.1. The highest BCUT2D eigenvalue weighted by atomic mass is 16.1. The van der Waals surface area contributed by atoms with E-state index in [2.05, 4.69) is 48.9 Å². The number of piperazine rings is 1. The zero-order valence-corrected chi connectivity index (χ0v) is 17.7. The number of aromatic amines is 3. The SMILES string of the molecule is CN1CCN(c2ccc3nc(-c4cc(-c5ccnc6[nH]ccc56)c[nH]c4=O)[nH]c3c2)CC1. The molecule has 0 spiro atoms. The van der Waals surface area contributed by atoms with E-state index < -0.39 is 0 Å². The van der Waals surface area contributed by atoms with Gasteiger partial charge in [-0.05, 0) is 54.6 Å². The molecular weight excluding hydrogens is 402 g/mol. The van der Waals surface area contributed by atoms with E-state index in [-0.39, 0.29) is 5.56 Å². The van der Waals surface area contributed by atoms with Gasteiger partial charge < -0.3 is 24.8 Å². The van der Waals surface area contributed by atoms with Crippen LogP contribution in [0, 0.1) is 0 Å². The van der Waals surface area contributed by atoms with Gasteiger partial charge in [-0.3, -0.25) is 4.79 Å². The van der Waals surface area contributed by atoms with Crippen LogP contribution in [-0.2, 0) is 0 Å². The molecule has 1 fully saturated rings. The Labute approximate surface area is 183 Å². The van der Waals surface area contributed by atoms with Crippen LogP contribution in [0.15, 0.2) is 59.8 Å². The van der Waals surface area contributed by atoms with Gasteiger partial charge in [-0.15, -0.1) is 0 Å². The summed E-state index contributed by atoms with van der Waals surface area (Å²) in [6.07, 6.45) is 5.37. The number of H-pyrrole nitrogens is 3. The number of imidazole rings is 1. The Morgan fingerprint density at radius 2 is 1.84 bits per heavy atom. The van der Waals surface area contributed by atoms with Crippen molar-refractivity contribution in [3.8, 4) is 22.5 Å². The number of nitrogens with zero attached hydrogens (tertiary/aromatic N) is 4. The molecule has 5 heterocycles. The molecule has 0 bridgehead atoms. The number of rotatable bonds is 3. The Bertz CT molecular complexity index is 1490. The quantitative estimate of drug-likeness (QED) is 0.412. The third kappa shape index (κ3) is 3.16. The average Bonchev–Trinajstić information content (AvgIpc) is 3.46. The third-order valence-corrected chi connectivity index (χ3v) is 6.26. The first-order chi connectivity index (χ1) is 15.7. The maximum atomic E-state index is 12.7. The molecular formula is C24H23N7O. The first-order valence-electron chi connectivity index (χ1n) is 10.7. The highest BCUT2D eigenvalue weighted by Gasteiger charge is 2.17. The second kappa shape index (κ2) is 7.35. The van der Waals surface area contributed by atoms with E-state index in [4.69, 9.17) is 4.98 Å². The minimum absolute atomic E-state index is 0.175. The summed E-state index contributed by atoms with van der Waals surface area (Å²) in [6.45, 7) is 4.12. The molecule has 0 saturated carbocycles. The third-order valence-electron chi connectivity index (χ3n) is 6.26. The minimum Gasteiger partial charge on any atom is -0.369 e. The normalized spacial score (nSPS) is 15.1. The number of hydrogen-bond donors (Lipinski definition) is 3. The van der Waals surface area contributed by atoms with Gasteiger partial charge in [-0.2, -0.15) is 0 Å². The molecule has 4 aromatic heterocycles. The van der Waals surface area contributed by atoms with Crippen molar-refractivity contribution in [2.24, 2.45) is 0 Å². The summed E-state index contributed by atoms with van der Waals surface area (Å²) < 4.78 is 0. The molecule has 32 heavy (non-hydrogen) atoms. The second-order valence-electron chi connectivity index (χ2n) is 8.31. The van der Waals surface area contributed by atoms with Crippen LogP contribution in [0.1, 0.15) is 0 Å². The van der Waals surface area contributed by atoms with Crippen LogP contribution in [0.5, 0.6) is 0 Å². The lowest BCUT2D eigenvalue weighted by Crippen LogP contribution is -2.44. The molecule has 0 radical (unpaired) electrons. The predicted molar refractivity (Wildman–Crippen MR) is 127 cm³/mol. The fraction of sp³-hybridized carbons (Fsp3) is 0.208. The zero-order valence-electron chi connectivity index (χ0n) is 17.7. The fourth-order valence-electron chi connectivity index (χ4n) is 4.41. The molecule has 160 valence electrons. The standard InChI is InChI=1S/C24H23N7O/c1-30-8-10-31(11-9-30)16-2-3-20-21(13-16)29-23(28-20)19-12-15(14-27-24(19)32)17-4-6-25-22-18(17)5-7-26-22/h2-7,12-14H,8-11H2,1H3,(H,25,26)(H,27,32)(H,28,29). The van der Waals surface area contributed by atoms with Gasteiger partial charge in [0.25, 0.3) is 5.56 Å². The molecule has 6 rings (SSSR count). The van der Waals surface area contributed by atoms with E-state index in [0.29, 0.717) is 11.4 Å². The van der Waals surface area contributed by atoms with Crippen LogP contribution < -0.4 is 10.5 Å². The molecule has 1 aliphatic heterocycles. The van der Waals surface area contributed by atoms with Crippen molar-refractivity contribution in [2.45, 2.75) is 0 Å². The molecule has 0 aliphatic carbocycles. The molecule has 0 amide bonds. The second-order valence-corrected chi connectivity index (χ2v) is 8.31. The molecule has 1 aromatic carbocycles. The van der Waals surface area contributed by atoms with Crippen LogP contribution >= 0.6 is 0 Å². The van der Waals surface area contributed by atoms with Crippen LogP contribution in [0.4, 0.5) is 5.69 Å². The zero-order chi connectivity index (χ0) is 21.7. The Morgan fingerprint density at radius 3 is 2.72 bits per heavy atom. The van der Waals surface area contributed by atoms with Crippen LogP contribution in [0.25, 0.3) is 44.6 Å². The number of aromatic nitrogens is 5. The molecule has 1 saturated heterocycles. The van der Waals surface area contributed by atoms with Crippen molar-refractivity contribution >= 4 is 27.8 Å². The van der Waals surface area contributed by atoms with Gasteiger partial charge >= 0.3 is 0 Å². The molecule has 0 unspecified atom stereocenters. The van der Waals surface area contributed by atoms with E-state index in [9.17, 15) is 4.79 Å². The molecule has 0 atom stereocenters. The number of hydrogen-bond acceptors (Lipinski definition) is 5. The van der Waals surface area contributed by atoms with Crippen molar-refractivity contribution in [3.63, 3.8) is 0 Å². The number of nitrogens with one attached hydrogen (secondary N) is 3. The van der Waals surface area contributed by atoms with Gasteiger partial charge in [-0.1, -0.05) is 0 Å². The first kappa shape index (κ1) is 18.8. The molecule has 5 aromatic rings. The maximum Gasteiger partial charge on any atom is 0.259 e. The van der Waals surface area contributed by atoms with E-state index in [1.165, 1.54) is 5.69 Å². The van der Waals surface area contributed by atoms with Gasteiger partial charge in [0.2, 0.25) is 0 Å². The van der Waals surface area contributed by atoms with Gasteiger partial charge in [0.15, 0.2) is 0 Å². The number of likely N-dealkylation sites (N-methyl/N-ethyl adjacent to an activating group) is 1. The molecule has 1 aliphatic rings. The summed E-state index contributed by atoms with van der Waals surface area (Å²) in [4.78, 5) is 35.9. The summed E-state index contributed by atoms with van der Waals surface area (Å²) in [5.41, 5.74) is 6.02. The van der Waals surface area contributed by atoms with Gasteiger partial charge in [-0.25, -0.2) is 9.97 Å². The first-order valence-corrected chi connectivity index (χ1v) is 10.7. The number of benzene rings is 1. The smallest absolute Gasteiger partial charge is 0.259 e. The summed E-state index contributed by atoms with van der Waals surface area (Å²) in [7, 11) is 2.15. The fourth-order valence-corrected chi connectivity index (χ4v) is 4.41. The van der Waals surface area contributed by atoms with E-state index in [1.54, 1.807) is 12.4 Å². The Morgan fingerprint density at radius 1 is 0.969 bits per heavy atom. The number of fused-ring (bicyclic) bond motifs is 2. The Hall–Kier alpha value is -3.91. The lowest BCUT2D eigenvalue weighted by atomic mass is 10.0. The van der Waals surface area contributed by atoms with E-state index in [1.807, 2.05) is 30.5 Å². The van der Waals surface area contributed by atoms with Gasteiger partial charge in [0, 0.05) is 55.8 Å².